The first kappa shape index (κ1) is 20.4. The second-order valence-corrected chi connectivity index (χ2v) is 6.91. The van der Waals surface area contributed by atoms with Crippen LogP contribution < -0.4 is 15.0 Å². The Hall–Kier alpha value is -3.35. The first-order valence-corrected chi connectivity index (χ1v) is 9.43. The third kappa shape index (κ3) is 5.13. The Morgan fingerprint density at radius 1 is 1.17 bits per heavy atom. The van der Waals surface area contributed by atoms with Crippen LogP contribution in [0.15, 0.2) is 54.6 Å². The summed E-state index contributed by atoms with van der Waals surface area (Å²) in [5.74, 6) is -1.07. The second kappa shape index (κ2) is 9.23. The molecule has 0 bridgehead atoms. The monoisotopic (exact) mass is 396 g/mol. The van der Waals surface area contributed by atoms with Gasteiger partial charge in [0.25, 0.3) is 5.91 Å². The molecule has 2 amide bonds. The number of ether oxygens (including phenoxy) is 2. The minimum atomic E-state index is -0.604. The van der Waals surface area contributed by atoms with Crippen molar-refractivity contribution in [1.29, 1.82) is 0 Å². The fourth-order valence-electron chi connectivity index (χ4n) is 3.26. The van der Waals surface area contributed by atoms with E-state index in [1.807, 2.05) is 37.3 Å². The molecule has 29 heavy (non-hydrogen) atoms. The lowest BCUT2D eigenvalue weighted by molar-refractivity contribution is -0.152. The second-order valence-electron chi connectivity index (χ2n) is 6.91. The smallest absolute Gasteiger partial charge is 0.311 e. The van der Waals surface area contributed by atoms with Gasteiger partial charge < -0.3 is 19.7 Å². The molecule has 7 heteroatoms. The van der Waals surface area contributed by atoms with Gasteiger partial charge in [-0.1, -0.05) is 36.4 Å². The van der Waals surface area contributed by atoms with Crippen molar-refractivity contribution in [3.8, 4) is 5.75 Å². The van der Waals surface area contributed by atoms with Crippen LogP contribution in [0.2, 0.25) is 0 Å². The van der Waals surface area contributed by atoms with E-state index in [0.29, 0.717) is 11.4 Å². The van der Waals surface area contributed by atoms with Crippen molar-refractivity contribution in [2.45, 2.75) is 19.4 Å². The molecule has 0 aliphatic carbocycles. The largest absolute Gasteiger partial charge is 0.497 e. The van der Waals surface area contributed by atoms with Gasteiger partial charge in [-0.25, -0.2) is 0 Å². The van der Waals surface area contributed by atoms with Crippen LogP contribution in [-0.2, 0) is 19.1 Å². The van der Waals surface area contributed by atoms with E-state index in [0.717, 1.165) is 5.56 Å². The quantitative estimate of drug-likeness (QED) is 0.727. The number of hydrogen-bond donors (Lipinski definition) is 1. The van der Waals surface area contributed by atoms with E-state index in [1.165, 1.54) is 4.90 Å². The van der Waals surface area contributed by atoms with E-state index >= 15 is 0 Å². The van der Waals surface area contributed by atoms with Gasteiger partial charge in [-0.15, -0.1) is 0 Å². The van der Waals surface area contributed by atoms with Gasteiger partial charge in [0.2, 0.25) is 5.91 Å². The lowest BCUT2D eigenvalue weighted by Gasteiger charge is -2.17. The van der Waals surface area contributed by atoms with Gasteiger partial charge in [0, 0.05) is 24.7 Å². The number of hydrogen-bond acceptors (Lipinski definition) is 5. The maximum absolute atomic E-state index is 12.3. The molecule has 1 aliphatic heterocycles. The number of rotatable bonds is 7. The highest BCUT2D eigenvalue weighted by Crippen LogP contribution is 2.28. The first-order valence-electron chi connectivity index (χ1n) is 9.43. The summed E-state index contributed by atoms with van der Waals surface area (Å²) in [4.78, 5) is 38.3. The molecule has 1 heterocycles. The number of esters is 1. The number of anilines is 1. The van der Waals surface area contributed by atoms with E-state index in [1.54, 1.807) is 31.4 Å². The molecule has 0 aromatic heterocycles. The van der Waals surface area contributed by atoms with Crippen LogP contribution in [0.3, 0.4) is 0 Å². The Kier molecular flexibility index (Phi) is 6.49. The standard InChI is InChI=1S/C22H24N2O5/c1-15(16-7-4-3-5-8-16)23-20(25)14-29-22(27)17-11-21(26)24(13-17)18-9-6-10-19(12-18)28-2/h3-10,12,15,17H,11,13-14H2,1-2H3,(H,23,25)/t15-,17-/m1/s1. The van der Waals surface area contributed by atoms with Crippen LogP contribution >= 0.6 is 0 Å². The molecular weight excluding hydrogens is 372 g/mol. The van der Waals surface area contributed by atoms with Crippen LogP contribution in [0.25, 0.3) is 0 Å². The van der Waals surface area contributed by atoms with Gasteiger partial charge in [-0.2, -0.15) is 0 Å². The fraction of sp³-hybridized carbons (Fsp3) is 0.318. The van der Waals surface area contributed by atoms with Crippen LogP contribution in [0.5, 0.6) is 5.75 Å². The highest BCUT2D eigenvalue weighted by Gasteiger charge is 2.36. The average Bonchev–Trinajstić information content (AvgIpc) is 3.14. The van der Waals surface area contributed by atoms with E-state index in [4.69, 9.17) is 9.47 Å². The highest BCUT2D eigenvalue weighted by molar-refractivity contribution is 5.99. The minimum absolute atomic E-state index is 0.0537. The molecule has 0 saturated carbocycles. The maximum atomic E-state index is 12.3. The number of benzene rings is 2. The molecule has 2 atom stereocenters. The number of amides is 2. The molecular formula is C22H24N2O5. The molecule has 1 saturated heterocycles. The lowest BCUT2D eigenvalue weighted by Crippen LogP contribution is -2.32. The Morgan fingerprint density at radius 3 is 2.66 bits per heavy atom. The summed E-state index contributed by atoms with van der Waals surface area (Å²) in [7, 11) is 1.55. The molecule has 2 aromatic rings. The third-order valence-corrected chi connectivity index (χ3v) is 4.85. The van der Waals surface area contributed by atoms with E-state index in [9.17, 15) is 14.4 Å². The van der Waals surface area contributed by atoms with Crippen molar-refractivity contribution < 1.29 is 23.9 Å². The van der Waals surface area contributed by atoms with E-state index in [2.05, 4.69) is 5.32 Å². The predicted molar refractivity (Wildman–Crippen MR) is 107 cm³/mol. The molecule has 0 spiro atoms. The summed E-state index contributed by atoms with van der Waals surface area (Å²) in [6.45, 7) is 1.70. The lowest BCUT2D eigenvalue weighted by atomic mass is 10.1. The summed E-state index contributed by atoms with van der Waals surface area (Å²) < 4.78 is 10.3. The van der Waals surface area contributed by atoms with Gasteiger partial charge in [-0.3, -0.25) is 14.4 Å². The van der Waals surface area contributed by atoms with Crippen LogP contribution in [-0.4, -0.2) is 38.0 Å². The fourth-order valence-corrected chi connectivity index (χ4v) is 3.26. The van der Waals surface area contributed by atoms with E-state index < -0.39 is 11.9 Å². The highest BCUT2D eigenvalue weighted by atomic mass is 16.5. The number of nitrogens with zero attached hydrogens (tertiary/aromatic N) is 1. The number of carbonyl (C=O) groups excluding carboxylic acids is 3. The Bertz CT molecular complexity index is 884. The first-order chi connectivity index (χ1) is 14.0. The van der Waals surface area contributed by atoms with Gasteiger partial charge >= 0.3 is 5.97 Å². The molecule has 3 rings (SSSR count). The summed E-state index contributed by atoms with van der Waals surface area (Å²) in [5.41, 5.74) is 1.63. The molecule has 0 unspecified atom stereocenters. The average molecular weight is 396 g/mol. The zero-order chi connectivity index (χ0) is 20.8. The Balaban J connectivity index is 1.51. The number of nitrogens with one attached hydrogen (secondary N) is 1. The normalized spacial score (nSPS) is 17.0. The molecule has 0 radical (unpaired) electrons. The molecule has 1 N–H and O–H groups in total. The number of methoxy groups -OCH3 is 1. The summed E-state index contributed by atoms with van der Waals surface area (Å²) in [6, 6.07) is 16.4. The van der Waals surface area contributed by atoms with E-state index in [-0.39, 0.29) is 37.4 Å². The topological polar surface area (TPSA) is 84.9 Å². The molecule has 1 aliphatic rings. The third-order valence-electron chi connectivity index (χ3n) is 4.85. The van der Waals surface area contributed by atoms with Crippen molar-refractivity contribution in [3.63, 3.8) is 0 Å². The van der Waals surface area contributed by atoms with Crippen LogP contribution in [0, 0.1) is 5.92 Å². The van der Waals surface area contributed by atoms with Crippen LogP contribution in [0.4, 0.5) is 5.69 Å². The molecule has 152 valence electrons. The summed E-state index contributed by atoms with van der Waals surface area (Å²) >= 11 is 0. The molecule has 7 nitrogen and oxygen atoms in total. The van der Waals surface area contributed by atoms with Crippen molar-refractivity contribution >= 4 is 23.5 Å². The van der Waals surface area contributed by atoms with Gasteiger partial charge in [0.15, 0.2) is 6.61 Å². The molecule has 1 fully saturated rings. The maximum Gasteiger partial charge on any atom is 0.311 e. The summed E-state index contributed by atoms with van der Waals surface area (Å²) in [5, 5.41) is 2.79. The Morgan fingerprint density at radius 2 is 1.93 bits per heavy atom. The molecule has 2 aromatic carbocycles. The zero-order valence-electron chi connectivity index (χ0n) is 16.5. The number of carbonyl (C=O) groups is 3. The predicted octanol–water partition coefficient (Wildman–Crippen LogP) is 2.47. The van der Waals surface area contributed by atoms with Crippen LogP contribution in [0.1, 0.15) is 24.9 Å². The zero-order valence-corrected chi connectivity index (χ0v) is 16.5. The van der Waals surface area contributed by atoms with Crippen molar-refractivity contribution in [2.75, 3.05) is 25.2 Å². The SMILES string of the molecule is COc1cccc(N2C[C@H](C(=O)OCC(=O)N[C@H](C)c3ccccc3)CC2=O)c1. The summed E-state index contributed by atoms with van der Waals surface area (Å²) in [6.07, 6.45) is 0.0537. The van der Waals surface area contributed by atoms with Crippen molar-refractivity contribution in [2.24, 2.45) is 5.92 Å². The minimum Gasteiger partial charge on any atom is -0.497 e. The van der Waals surface area contributed by atoms with Crippen molar-refractivity contribution in [3.05, 3.63) is 60.2 Å². The van der Waals surface area contributed by atoms with Gasteiger partial charge in [0.1, 0.15) is 5.75 Å². The van der Waals surface area contributed by atoms with Gasteiger partial charge in [-0.05, 0) is 24.6 Å². The van der Waals surface area contributed by atoms with Crippen molar-refractivity contribution in [1.82, 2.24) is 5.32 Å². The Labute approximate surface area is 169 Å². The van der Waals surface area contributed by atoms with Gasteiger partial charge in [0.05, 0.1) is 19.1 Å².